The smallest absolute Gasteiger partial charge is 0.348 e. The molecule has 1 amide bonds. The van der Waals surface area contributed by atoms with Gasteiger partial charge in [-0.05, 0) is 50.1 Å². The molecule has 0 saturated heterocycles. The van der Waals surface area contributed by atoms with Crippen LogP contribution in [-0.2, 0) is 30.8 Å². The number of nitrogens with zero attached hydrogens (tertiary/aromatic N) is 1. The van der Waals surface area contributed by atoms with Gasteiger partial charge in [0.25, 0.3) is 0 Å². The Labute approximate surface area is 182 Å². The molecule has 31 heavy (non-hydrogen) atoms. The molecule has 1 aliphatic heterocycles. The number of hydrogen-bond acceptors (Lipinski definition) is 6. The quantitative estimate of drug-likeness (QED) is 0.655. The van der Waals surface area contributed by atoms with Crippen LogP contribution in [0.5, 0.6) is 5.75 Å². The molecule has 1 heterocycles. The number of nitrogens with one attached hydrogen (secondary N) is 1. The fourth-order valence-corrected chi connectivity index (χ4v) is 4.58. The van der Waals surface area contributed by atoms with E-state index in [2.05, 4.69) is 4.72 Å². The maximum absolute atomic E-state index is 13.0. The summed E-state index contributed by atoms with van der Waals surface area (Å²) < 4.78 is 37.4. The Morgan fingerprint density at radius 3 is 2.48 bits per heavy atom. The highest BCUT2D eigenvalue weighted by Crippen LogP contribution is 2.33. The third-order valence-electron chi connectivity index (χ3n) is 4.79. The number of carbonyl (C=O) groups is 2. The number of aryl methyl sites for hydroxylation is 1. The molecule has 9 heteroatoms. The van der Waals surface area contributed by atoms with E-state index in [1.165, 1.54) is 24.1 Å². The molecule has 0 aromatic heterocycles. The minimum atomic E-state index is -3.56. The molecule has 1 atom stereocenters. The number of carbonyl (C=O) groups excluding carboxylic acids is 2. The van der Waals surface area contributed by atoms with Gasteiger partial charge in [0.1, 0.15) is 5.75 Å². The van der Waals surface area contributed by atoms with Gasteiger partial charge in [-0.3, -0.25) is 4.79 Å². The summed E-state index contributed by atoms with van der Waals surface area (Å²) in [5, 5.41) is 0. The molecule has 0 fully saturated rings. The average molecular weight is 447 g/mol. The normalized spacial score (nSPS) is 15.9. The van der Waals surface area contributed by atoms with Crippen LogP contribution in [0.1, 0.15) is 25.8 Å². The standard InChI is InChI=1S/C22H26N2O6S/c1-15(2)23-31(27,28)17-11-8-16(9-12-17)10-13-21(25)24-14-20(22(26)29-3)30-19-7-5-4-6-18(19)24/h4-9,11-12,15,20,23H,10,13-14H2,1-3H3/t20-/m0/s1. The van der Waals surface area contributed by atoms with E-state index in [-0.39, 0.29) is 29.8 Å². The summed E-state index contributed by atoms with van der Waals surface area (Å²) in [6.07, 6.45) is -0.264. The molecular formula is C22H26N2O6S. The first-order valence-corrected chi connectivity index (χ1v) is 11.4. The summed E-state index contributed by atoms with van der Waals surface area (Å²) in [5.41, 5.74) is 1.44. The maximum Gasteiger partial charge on any atom is 0.348 e. The van der Waals surface area contributed by atoms with E-state index in [4.69, 9.17) is 9.47 Å². The third-order valence-corrected chi connectivity index (χ3v) is 6.47. The second-order valence-corrected chi connectivity index (χ2v) is 9.24. The Kier molecular flexibility index (Phi) is 6.97. The zero-order valence-corrected chi connectivity index (χ0v) is 18.5. The molecule has 1 aliphatic rings. The number of para-hydroxylation sites is 2. The minimum absolute atomic E-state index is 0.0700. The number of rotatable bonds is 7. The highest BCUT2D eigenvalue weighted by atomic mass is 32.2. The summed E-state index contributed by atoms with van der Waals surface area (Å²) in [7, 11) is -2.28. The molecule has 0 radical (unpaired) electrons. The van der Waals surface area contributed by atoms with Crippen LogP contribution in [0.15, 0.2) is 53.4 Å². The lowest BCUT2D eigenvalue weighted by Crippen LogP contribution is -2.47. The maximum atomic E-state index is 13.0. The number of methoxy groups -OCH3 is 1. The van der Waals surface area contributed by atoms with E-state index < -0.39 is 22.1 Å². The number of sulfonamides is 1. The summed E-state index contributed by atoms with van der Waals surface area (Å²) in [5.74, 6) is -0.258. The lowest BCUT2D eigenvalue weighted by molar-refractivity contribution is -0.148. The van der Waals surface area contributed by atoms with Crippen LogP contribution in [-0.4, -0.2) is 46.1 Å². The second kappa shape index (κ2) is 9.49. The fourth-order valence-electron chi connectivity index (χ4n) is 3.32. The van der Waals surface area contributed by atoms with Gasteiger partial charge in [0.05, 0.1) is 24.2 Å². The average Bonchev–Trinajstić information content (AvgIpc) is 2.75. The van der Waals surface area contributed by atoms with Crippen molar-refractivity contribution in [2.24, 2.45) is 0 Å². The van der Waals surface area contributed by atoms with Gasteiger partial charge < -0.3 is 14.4 Å². The summed E-state index contributed by atoms with van der Waals surface area (Å²) in [4.78, 5) is 26.6. The predicted molar refractivity (Wildman–Crippen MR) is 115 cm³/mol. The Bertz CT molecular complexity index is 1050. The molecule has 1 N–H and O–H groups in total. The monoisotopic (exact) mass is 446 g/mol. The van der Waals surface area contributed by atoms with Crippen LogP contribution in [0.4, 0.5) is 5.69 Å². The zero-order valence-electron chi connectivity index (χ0n) is 17.7. The highest BCUT2D eigenvalue weighted by Gasteiger charge is 2.34. The van der Waals surface area contributed by atoms with Gasteiger partial charge in [0.2, 0.25) is 22.0 Å². The summed E-state index contributed by atoms with van der Waals surface area (Å²) in [6, 6.07) is 13.3. The van der Waals surface area contributed by atoms with E-state index in [1.807, 2.05) is 0 Å². The fraction of sp³-hybridized carbons (Fsp3) is 0.364. The van der Waals surface area contributed by atoms with E-state index in [9.17, 15) is 18.0 Å². The Balaban J connectivity index is 1.69. The van der Waals surface area contributed by atoms with Crippen molar-refractivity contribution in [2.75, 3.05) is 18.6 Å². The number of ether oxygens (including phenoxy) is 2. The lowest BCUT2D eigenvalue weighted by atomic mass is 10.1. The number of fused-ring (bicyclic) bond motifs is 1. The Hall–Kier alpha value is -2.91. The minimum Gasteiger partial charge on any atom is -0.475 e. The van der Waals surface area contributed by atoms with Gasteiger partial charge in [0.15, 0.2) is 0 Å². The van der Waals surface area contributed by atoms with Gasteiger partial charge >= 0.3 is 5.97 Å². The molecule has 0 aliphatic carbocycles. The SMILES string of the molecule is COC(=O)[C@@H]1CN(C(=O)CCc2ccc(S(=O)(=O)NC(C)C)cc2)c2ccccc2O1. The molecule has 0 saturated carbocycles. The Morgan fingerprint density at radius 2 is 1.84 bits per heavy atom. The molecule has 3 rings (SSSR count). The Morgan fingerprint density at radius 1 is 1.16 bits per heavy atom. The van der Waals surface area contributed by atoms with Gasteiger partial charge in [0, 0.05) is 12.5 Å². The van der Waals surface area contributed by atoms with Gasteiger partial charge in [-0.1, -0.05) is 24.3 Å². The largest absolute Gasteiger partial charge is 0.475 e. The lowest BCUT2D eigenvalue weighted by Gasteiger charge is -2.33. The van der Waals surface area contributed by atoms with Crippen molar-refractivity contribution in [1.82, 2.24) is 4.72 Å². The number of benzene rings is 2. The van der Waals surface area contributed by atoms with Gasteiger partial charge in [-0.15, -0.1) is 0 Å². The van der Waals surface area contributed by atoms with E-state index in [0.29, 0.717) is 17.9 Å². The van der Waals surface area contributed by atoms with Crippen LogP contribution >= 0.6 is 0 Å². The van der Waals surface area contributed by atoms with Crippen molar-refractivity contribution in [3.05, 3.63) is 54.1 Å². The van der Waals surface area contributed by atoms with Crippen LogP contribution in [0.25, 0.3) is 0 Å². The topological polar surface area (TPSA) is 102 Å². The summed E-state index contributed by atoms with van der Waals surface area (Å²) >= 11 is 0. The molecular weight excluding hydrogens is 420 g/mol. The molecule has 2 aromatic rings. The van der Waals surface area contributed by atoms with Crippen LogP contribution in [0.3, 0.4) is 0 Å². The van der Waals surface area contributed by atoms with E-state index in [1.54, 1.807) is 50.2 Å². The third kappa shape index (κ3) is 5.42. The molecule has 166 valence electrons. The first-order valence-electron chi connectivity index (χ1n) is 9.96. The second-order valence-electron chi connectivity index (χ2n) is 7.52. The zero-order chi connectivity index (χ0) is 22.6. The van der Waals surface area contributed by atoms with Crippen LogP contribution < -0.4 is 14.4 Å². The van der Waals surface area contributed by atoms with Crippen LogP contribution in [0, 0.1) is 0 Å². The number of hydrogen-bond donors (Lipinski definition) is 1. The number of esters is 1. The van der Waals surface area contributed by atoms with Crippen molar-refractivity contribution >= 4 is 27.6 Å². The van der Waals surface area contributed by atoms with Crippen molar-refractivity contribution in [2.45, 2.75) is 43.7 Å². The molecule has 0 spiro atoms. The first-order chi connectivity index (χ1) is 14.7. The molecule has 8 nitrogen and oxygen atoms in total. The van der Waals surface area contributed by atoms with E-state index >= 15 is 0 Å². The molecule has 0 unspecified atom stereocenters. The van der Waals surface area contributed by atoms with Crippen molar-refractivity contribution in [3.63, 3.8) is 0 Å². The van der Waals surface area contributed by atoms with Crippen LogP contribution in [0.2, 0.25) is 0 Å². The molecule has 0 bridgehead atoms. The van der Waals surface area contributed by atoms with Crippen molar-refractivity contribution < 1.29 is 27.5 Å². The van der Waals surface area contributed by atoms with Gasteiger partial charge in [-0.2, -0.15) is 0 Å². The van der Waals surface area contributed by atoms with Crippen molar-refractivity contribution in [1.29, 1.82) is 0 Å². The van der Waals surface area contributed by atoms with Gasteiger partial charge in [-0.25, -0.2) is 17.9 Å². The summed E-state index contributed by atoms with van der Waals surface area (Å²) in [6.45, 7) is 3.58. The number of amides is 1. The molecule has 2 aromatic carbocycles. The highest BCUT2D eigenvalue weighted by molar-refractivity contribution is 7.89. The van der Waals surface area contributed by atoms with Crippen molar-refractivity contribution in [3.8, 4) is 5.75 Å². The number of anilines is 1. The first kappa shape index (κ1) is 22.8. The predicted octanol–water partition coefficient (Wildman–Crippen LogP) is 2.27. The van der Waals surface area contributed by atoms with E-state index in [0.717, 1.165) is 5.56 Å².